The third-order valence-corrected chi connectivity index (χ3v) is 3.46. The highest BCUT2D eigenvalue weighted by Gasteiger charge is 2.71. The third-order valence-electron chi connectivity index (χ3n) is 3.46. The first kappa shape index (κ1) is 18.1. The van der Waals surface area contributed by atoms with Crippen LogP contribution in [-0.4, -0.2) is 17.5 Å². The second-order valence-electron chi connectivity index (χ2n) is 5.12. The molecule has 0 aliphatic heterocycles. The maximum absolute atomic E-state index is 12.8. The number of alkyl halides is 6. The first-order valence-electron chi connectivity index (χ1n) is 6.80. The largest absolute Gasteiger partial charge is 0.430 e. The van der Waals surface area contributed by atoms with Crippen molar-refractivity contribution in [3.05, 3.63) is 65.7 Å². The van der Waals surface area contributed by atoms with Gasteiger partial charge in [-0.2, -0.15) is 26.3 Å². The van der Waals surface area contributed by atoms with Gasteiger partial charge in [0.25, 0.3) is 5.60 Å². The average Bonchev–Trinajstić information content (AvgIpc) is 2.51. The standard InChI is InChI=1S/C16H13F6NO/c17-15(18,19)14(24,16(20,21)22)12-6-8-13(9-7-12)23-10-11-4-2-1-3-5-11/h1-9,23-24H,10H2. The summed E-state index contributed by atoms with van der Waals surface area (Å²) < 4.78 is 76.6. The molecule has 8 heteroatoms. The summed E-state index contributed by atoms with van der Waals surface area (Å²) in [6.45, 7) is 0.350. The van der Waals surface area contributed by atoms with Crippen molar-refractivity contribution in [1.82, 2.24) is 0 Å². The van der Waals surface area contributed by atoms with Crippen molar-refractivity contribution in [3.63, 3.8) is 0 Å². The van der Waals surface area contributed by atoms with Gasteiger partial charge in [0.15, 0.2) is 0 Å². The van der Waals surface area contributed by atoms with Crippen LogP contribution in [0.3, 0.4) is 0 Å². The molecule has 2 nitrogen and oxygen atoms in total. The van der Waals surface area contributed by atoms with Crippen LogP contribution in [0.25, 0.3) is 0 Å². The van der Waals surface area contributed by atoms with Crippen molar-refractivity contribution >= 4 is 5.69 Å². The van der Waals surface area contributed by atoms with Gasteiger partial charge < -0.3 is 10.4 Å². The van der Waals surface area contributed by atoms with Gasteiger partial charge in [-0.25, -0.2) is 0 Å². The normalized spacial score (nSPS) is 13.0. The molecule has 0 aliphatic carbocycles. The van der Waals surface area contributed by atoms with E-state index in [0.717, 1.165) is 17.7 Å². The van der Waals surface area contributed by atoms with Gasteiger partial charge in [-0.05, 0) is 17.7 Å². The molecule has 0 aromatic heterocycles. The molecule has 0 saturated heterocycles. The number of aliphatic hydroxyl groups is 1. The Hall–Kier alpha value is -2.22. The minimum Gasteiger partial charge on any atom is -0.381 e. The second-order valence-corrected chi connectivity index (χ2v) is 5.12. The van der Waals surface area contributed by atoms with Crippen LogP contribution in [-0.2, 0) is 12.1 Å². The number of hydrogen-bond donors (Lipinski definition) is 2. The highest BCUT2D eigenvalue weighted by atomic mass is 19.4. The zero-order valence-corrected chi connectivity index (χ0v) is 12.1. The number of halogens is 6. The number of anilines is 1. The van der Waals surface area contributed by atoms with Gasteiger partial charge in [-0.3, -0.25) is 0 Å². The summed E-state index contributed by atoms with van der Waals surface area (Å²) in [5.41, 5.74) is -4.97. The van der Waals surface area contributed by atoms with Crippen molar-refractivity contribution in [2.45, 2.75) is 24.5 Å². The summed E-state index contributed by atoms with van der Waals surface area (Å²) in [7, 11) is 0. The van der Waals surface area contributed by atoms with E-state index in [1.165, 1.54) is 0 Å². The zero-order chi connectivity index (χ0) is 18.0. The average molecular weight is 349 g/mol. The molecule has 0 fully saturated rings. The molecule has 0 heterocycles. The first-order chi connectivity index (χ1) is 11.1. The smallest absolute Gasteiger partial charge is 0.381 e. The van der Waals surface area contributed by atoms with E-state index in [0.29, 0.717) is 24.4 Å². The number of nitrogens with one attached hydrogen (secondary N) is 1. The molecule has 2 N–H and O–H groups in total. The van der Waals surface area contributed by atoms with E-state index >= 15 is 0 Å². The predicted octanol–water partition coefficient (Wildman–Crippen LogP) is 4.61. The molecule has 0 aliphatic rings. The zero-order valence-electron chi connectivity index (χ0n) is 12.1. The predicted molar refractivity (Wildman–Crippen MR) is 76.2 cm³/mol. The van der Waals surface area contributed by atoms with Crippen LogP contribution in [0.1, 0.15) is 11.1 Å². The molecule has 0 amide bonds. The number of rotatable bonds is 4. The Morgan fingerprint density at radius 1 is 0.750 bits per heavy atom. The van der Waals surface area contributed by atoms with Crippen molar-refractivity contribution in [2.75, 3.05) is 5.32 Å². The van der Waals surface area contributed by atoms with E-state index in [1.54, 1.807) is 12.1 Å². The van der Waals surface area contributed by atoms with E-state index in [-0.39, 0.29) is 0 Å². The lowest BCUT2D eigenvalue weighted by Crippen LogP contribution is -2.53. The monoisotopic (exact) mass is 349 g/mol. The Morgan fingerprint density at radius 2 is 1.25 bits per heavy atom. The first-order valence-corrected chi connectivity index (χ1v) is 6.80. The molecule has 2 aromatic carbocycles. The van der Waals surface area contributed by atoms with Crippen LogP contribution >= 0.6 is 0 Å². The Kier molecular flexibility index (Phi) is 4.80. The van der Waals surface area contributed by atoms with Gasteiger partial charge in [0.2, 0.25) is 0 Å². The molecule has 2 aromatic rings. The van der Waals surface area contributed by atoms with Crippen LogP contribution in [0.2, 0.25) is 0 Å². The SMILES string of the molecule is OC(c1ccc(NCc2ccccc2)cc1)(C(F)(F)F)C(F)(F)F. The summed E-state index contributed by atoms with van der Waals surface area (Å²) in [5, 5.41) is 12.2. The highest BCUT2D eigenvalue weighted by Crippen LogP contribution is 2.50. The Labute approximate surface area is 133 Å². The van der Waals surface area contributed by atoms with Gasteiger partial charge in [-0.1, -0.05) is 42.5 Å². The van der Waals surface area contributed by atoms with Crippen molar-refractivity contribution in [3.8, 4) is 0 Å². The molecule has 0 radical (unpaired) electrons. The molecule has 0 unspecified atom stereocenters. The van der Waals surface area contributed by atoms with E-state index < -0.39 is 23.5 Å². The van der Waals surface area contributed by atoms with Crippen LogP contribution in [0, 0.1) is 0 Å². The third kappa shape index (κ3) is 3.48. The lowest BCUT2D eigenvalue weighted by molar-refractivity contribution is -0.376. The summed E-state index contributed by atoms with van der Waals surface area (Å²) in [4.78, 5) is 0. The molecule has 2 rings (SSSR count). The Bertz CT molecular complexity index is 650. The highest BCUT2D eigenvalue weighted by molar-refractivity contribution is 5.46. The summed E-state index contributed by atoms with van der Waals surface area (Å²) in [6.07, 6.45) is -11.8. The van der Waals surface area contributed by atoms with Crippen molar-refractivity contribution < 1.29 is 31.4 Å². The van der Waals surface area contributed by atoms with Crippen LogP contribution in [0.4, 0.5) is 32.0 Å². The molecule has 0 saturated carbocycles. The minimum absolute atomic E-state index is 0.328. The quantitative estimate of drug-likeness (QED) is 0.790. The maximum atomic E-state index is 12.8. The van der Waals surface area contributed by atoms with Gasteiger partial charge in [-0.15, -0.1) is 0 Å². The van der Waals surface area contributed by atoms with Gasteiger partial charge in [0.05, 0.1) is 0 Å². The van der Waals surface area contributed by atoms with Crippen LogP contribution in [0.5, 0.6) is 0 Å². The van der Waals surface area contributed by atoms with Crippen molar-refractivity contribution in [2.24, 2.45) is 0 Å². The molecule has 130 valence electrons. The maximum Gasteiger partial charge on any atom is 0.430 e. The molecular formula is C16H13F6NO. The number of benzene rings is 2. The molecule has 0 bridgehead atoms. The fraction of sp³-hybridized carbons (Fsp3) is 0.250. The lowest BCUT2D eigenvalue weighted by atomic mass is 9.92. The second kappa shape index (κ2) is 6.35. The molecule has 0 atom stereocenters. The fourth-order valence-corrected chi connectivity index (χ4v) is 2.12. The van der Waals surface area contributed by atoms with E-state index in [1.807, 2.05) is 18.2 Å². The summed E-state index contributed by atoms with van der Waals surface area (Å²) in [5.74, 6) is 0. The van der Waals surface area contributed by atoms with E-state index in [4.69, 9.17) is 0 Å². The van der Waals surface area contributed by atoms with Gasteiger partial charge >= 0.3 is 12.4 Å². The molecular weight excluding hydrogens is 336 g/mol. The Morgan fingerprint density at radius 3 is 1.71 bits per heavy atom. The van der Waals surface area contributed by atoms with Crippen LogP contribution in [0.15, 0.2) is 54.6 Å². The van der Waals surface area contributed by atoms with E-state index in [2.05, 4.69) is 5.32 Å². The minimum atomic E-state index is -5.88. The molecule has 24 heavy (non-hydrogen) atoms. The fourth-order valence-electron chi connectivity index (χ4n) is 2.12. The van der Waals surface area contributed by atoms with E-state index in [9.17, 15) is 31.4 Å². The molecule has 0 spiro atoms. The van der Waals surface area contributed by atoms with Crippen LogP contribution < -0.4 is 5.32 Å². The summed E-state index contributed by atoms with van der Waals surface area (Å²) in [6, 6.07) is 12.4. The Balaban J connectivity index is 2.21. The lowest BCUT2D eigenvalue weighted by Gasteiger charge is -2.32. The number of hydrogen-bond acceptors (Lipinski definition) is 2. The summed E-state index contributed by atoms with van der Waals surface area (Å²) >= 11 is 0. The van der Waals surface area contributed by atoms with Gasteiger partial charge in [0.1, 0.15) is 0 Å². The topological polar surface area (TPSA) is 32.3 Å². The van der Waals surface area contributed by atoms with Crippen molar-refractivity contribution in [1.29, 1.82) is 0 Å². The van der Waals surface area contributed by atoms with Gasteiger partial charge in [0, 0.05) is 17.8 Å².